The number of benzene rings is 1. The summed E-state index contributed by atoms with van der Waals surface area (Å²) in [5.74, 6) is 0. The fourth-order valence-electron chi connectivity index (χ4n) is 1.70. The highest BCUT2D eigenvalue weighted by Crippen LogP contribution is 2.30. The number of hydrogen-bond donors (Lipinski definition) is 1. The van der Waals surface area contributed by atoms with Crippen molar-refractivity contribution in [2.75, 3.05) is 0 Å². The van der Waals surface area contributed by atoms with E-state index in [0.717, 1.165) is 12.1 Å². The molecule has 0 aliphatic heterocycles. The second kappa shape index (κ2) is 5.00. The Labute approximate surface area is 107 Å². The van der Waals surface area contributed by atoms with Crippen LogP contribution in [0.4, 0.5) is 13.2 Å². The van der Waals surface area contributed by atoms with E-state index < -0.39 is 17.8 Å². The second-order valence-electron chi connectivity index (χ2n) is 4.22. The van der Waals surface area contributed by atoms with Gasteiger partial charge in [-0.15, -0.1) is 5.10 Å². The standard InChI is InChI=1S/C12H12F3N3O/c1-18-7-10(16-17-18)6-11(19)8-2-4-9(5-3-8)12(13,14)15/h2-5,7,11,19H,6H2,1H3. The maximum absolute atomic E-state index is 12.4. The average molecular weight is 271 g/mol. The van der Waals surface area contributed by atoms with Crippen molar-refractivity contribution in [1.82, 2.24) is 15.0 Å². The lowest BCUT2D eigenvalue weighted by Crippen LogP contribution is -2.06. The van der Waals surface area contributed by atoms with Crippen molar-refractivity contribution in [3.63, 3.8) is 0 Å². The van der Waals surface area contributed by atoms with Crippen LogP contribution in [0.25, 0.3) is 0 Å². The lowest BCUT2D eigenvalue weighted by atomic mass is 10.0. The van der Waals surface area contributed by atoms with E-state index in [1.165, 1.54) is 16.8 Å². The minimum Gasteiger partial charge on any atom is -0.388 e. The zero-order chi connectivity index (χ0) is 14.0. The van der Waals surface area contributed by atoms with Gasteiger partial charge in [-0.2, -0.15) is 13.2 Å². The van der Waals surface area contributed by atoms with Gasteiger partial charge in [0.15, 0.2) is 0 Å². The topological polar surface area (TPSA) is 50.9 Å². The maximum atomic E-state index is 12.4. The first kappa shape index (κ1) is 13.5. The van der Waals surface area contributed by atoms with Crippen LogP contribution in [0.1, 0.15) is 22.9 Å². The van der Waals surface area contributed by atoms with Crippen molar-refractivity contribution in [2.24, 2.45) is 7.05 Å². The Kier molecular flexibility index (Phi) is 3.57. The Hall–Kier alpha value is -1.89. The van der Waals surface area contributed by atoms with Gasteiger partial charge in [0.05, 0.1) is 17.4 Å². The number of aryl methyl sites for hydroxylation is 1. The van der Waals surface area contributed by atoms with Gasteiger partial charge in [0.1, 0.15) is 0 Å². The predicted octanol–water partition coefficient (Wildman–Crippen LogP) is 2.11. The molecule has 0 bridgehead atoms. The number of aliphatic hydroxyl groups is 1. The third kappa shape index (κ3) is 3.31. The number of nitrogens with zero attached hydrogens (tertiary/aromatic N) is 3. The highest BCUT2D eigenvalue weighted by molar-refractivity contribution is 5.26. The smallest absolute Gasteiger partial charge is 0.388 e. The van der Waals surface area contributed by atoms with Crippen molar-refractivity contribution < 1.29 is 18.3 Å². The highest BCUT2D eigenvalue weighted by atomic mass is 19.4. The van der Waals surface area contributed by atoms with Crippen LogP contribution in [0.15, 0.2) is 30.5 Å². The molecule has 1 unspecified atom stereocenters. The Morgan fingerprint density at radius 2 is 1.89 bits per heavy atom. The molecule has 0 aliphatic rings. The monoisotopic (exact) mass is 271 g/mol. The van der Waals surface area contributed by atoms with Gasteiger partial charge in [-0.25, -0.2) is 0 Å². The number of hydrogen-bond acceptors (Lipinski definition) is 3. The van der Waals surface area contributed by atoms with Crippen LogP contribution in [-0.4, -0.2) is 20.1 Å². The van der Waals surface area contributed by atoms with E-state index in [0.29, 0.717) is 11.3 Å². The summed E-state index contributed by atoms with van der Waals surface area (Å²) in [6.07, 6.45) is -3.42. The molecule has 1 atom stereocenters. The lowest BCUT2D eigenvalue weighted by Gasteiger charge is -2.11. The van der Waals surface area contributed by atoms with Crippen LogP contribution in [0.3, 0.4) is 0 Å². The van der Waals surface area contributed by atoms with Gasteiger partial charge >= 0.3 is 6.18 Å². The van der Waals surface area contributed by atoms with Crippen molar-refractivity contribution in [1.29, 1.82) is 0 Å². The van der Waals surface area contributed by atoms with E-state index in [4.69, 9.17) is 0 Å². The summed E-state index contributed by atoms with van der Waals surface area (Å²) >= 11 is 0. The van der Waals surface area contributed by atoms with Crippen molar-refractivity contribution in [3.05, 3.63) is 47.3 Å². The maximum Gasteiger partial charge on any atom is 0.416 e. The molecule has 0 saturated carbocycles. The molecule has 2 aromatic rings. The minimum atomic E-state index is -4.37. The first-order valence-corrected chi connectivity index (χ1v) is 5.56. The molecule has 7 heteroatoms. The molecular formula is C12H12F3N3O. The minimum absolute atomic E-state index is 0.208. The molecule has 0 amide bonds. The van der Waals surface area contributed by atoms with E-state index in [-0.39, 0.29) is 6.42 Å². The summed E-state index contributed by atoms with van der Waals surface area (Å²) in [5, 5.41) is 17.4. The molecular weight excluding hydrogens is 259 g/mol. The van der Waals surface area contributed by atoms with Crippen LogP contribution in [0, 0.1) is 0 Å². The van der Waals surface area contributed by atoms with Gasteiger partial charge in [-0.3, -0.25) is 4.68 Å². The van der Waals surface area contributed by atoms with Crippen LogP contribution in [0.2, 0.25) is 0 Å². The van der Waals surface area contributed by atoms with Gasteiger partial charge in [-0.1, -0.05) is 17.3 Å². The van der Waals surface area contributed by atoms with E-state index in [1.807, 2.05) is 0 Å². The Balaban J connectivity index is 2.09. The summed E-state index contributed by atoms with van der Waals surface area (Å²) in [6.45, 7) is 0. The summed E-state index contributed by atoms with van der Waals surface area (Å²) in [6, 6.07) is 4.44. The second-order valence-corrected chi connectivity index (χ2v) is 4.22. The van der Waals surface area contributed by atoms with Gasteiger partial charge in [-0.05, 0) is 17.7 Å². The Bertz CT molecular complexity index is 548. The summed E-state index contributed by atoms with van der Waals surface area (Å²) < 4.78 is 38.7. The number of halogens is 3. The third-order valence-electron chi connectivity index (χ3n) is 2.68. The van der Waals surface area contributed by atoms with Gasteiger partial charge in [0.2, 0.25) is 0 Å². The van der Waals surface area contributed by atoms with Gasteiger partial charge in [0, 0.05) is 19.7 Å². The number of rotatable bonds is 3. The molecule has 2 rings (SSSR count). The molecule has 0 fully saturated rings. The Morgan fingerprint density at radius 1 is 1.26 bits per heavy atom. The summed E-state index contributed by atoms with van der Waals surface area (Å²) in [7, 11) is 1.70. The molecule has 4 nitrogen and oxygen atoms in total. The first-order valence-electron chi connectivity index (χ1n) is 5.56. The molecule has 1 N–H and O–H groups in total. The summed E-state index contributed by atoms with van der Waals surface area (Å²) in [5.41, 5.74) is 0.261. The van der Waals surface area contributed by atoms with E-state index in [9.17, 15) is 18.3 Å². The predicted molar refractivity (Wildman–Crippen MR) is 61.1 cm³/mol. The SMILES string of the molecule is Cn1cc(CC(O)c2ccc(C(F)(F)F)cc2)nn1. The molecule has 102 valence electrons. The number of aromatic nitrogens is 3. The normalized spacial score (nSPS) is 13.5. The molecule has 0 aliphatic carbocycles. The zero-order valence-electron chi connectivity index (χ0n) is 10.1. The van der Waals surface area contributed by atoms with Gasteiger partial charge < -0.3 is 5.11 Å². The largest absolute Gasteiger partial charge is 0.416 e. The third-order valence-corrected chi connectivity index (χ3v) is 2.68. The van der Waals surface area contributed by atoms with Crippen LogP contribution in [0.5, 0.6) is 0 Å². The zero-order valence-corrected chi connectivity index (χ0v) is 10.1. The van der Waals surface area contributed by atoms with Crippen LogP contribution in [-0.2, 0) is 19.6 Å². The van der Waals surface area contributed by atoms with Crippen molar-refractivity contribution in [2.45, 2.75) is 18.7 Å². The highest BCUT2D eigenvalue weighted by Gasteiger charge is 2.30. The van der Waals surface area contributed by atoms with E-state index >= 15 is 0 Å². The van der Waals surface area contributed by atoms with E-state index in [2.05, 4.69) is 10.3 Å². The first-order chi connectivity index (χ1) is 8.86. The molecule has 0 saturated heterocycles. The molecule has 1 aromatic carbocycles. The molecule has 0 radical (unpaired) electrons. The number of aliphatic hydroxyl groups excluding tert-OH is 1. The Morgan fingerprint density at radius 3 is 2.37 bits per heavy atom. The lowest BCUT2D eigenvalue weighted by molar-refractivity contribution is -0.137. The van der Waals surface area contributed by atoms with Gasteiger partial charge in [0.25, 0.3) is 0 Å². The molecule has 1 aromatic heterocycles. The molecule has 0 spiro atoms. The van der Waals surface area contributed by atoms with E-state index in [1.54, 1.807) is 13.2 Å². The summed E-state index contributed by atoms with van der Waals surface area (Å²) in [4.78, 5) is 0. The molecule has 1 heterocycles. The van der Waals surface area contributed by atoms with Crippen molar-refractivity contribution in [3.8, 4) is 0 Å². The quantitative estimate of drug-likeness (QED) is 0.930. The molecule has 19 heavy (non-hydrogen) atoms. The fourth-order valence-corrected chi connectivity index (χ4v) is 1.70. The van der Waals surface area contributed by atoms with Crippen molar-refractivity contribution >= 4 is 0 Å². The van der Waals surface area contributed by atoms with Crippen LogP contribution >= 0.6 is 0 Å². The number of alkyl halides is 3. The average Bonchev–Trinajstić information content (AvgIpc) is 2.74. The van der Waals surface area contributed by atoms with Crippen LogP contribution < -0.4 is 0 Å². The fraction of sp³-hybridized carbons (Fsp3) is 0.333.